The molecule has 0 spiro atoms. The van der Waals surface area contributed by atoms with Crippen LogP contribution in [0.1, 0.15) is 22.3 Å². The topological polar surface area (TPSA) is 110 Å². The van der Waals surface area contributed by atoms with E-state index in [-0.39, 0.29) is 35.4 Å². The van der Waals surface area contributed by atoms with Crippen LogP contribution in [-0.2, 0) is 14.3 Å². The molecule has 2 aromatic rings. The number of ether oxygens (including phenoxy) is 1. The summed E-state index contributed by atoms with van der Waals surface area (Å²) in [6.45, 7) is 0.657. The highest BCUT2D eigenvalue weighted by Gasteiger charge is 2.63. The van der Waals surface area contributed by atoms with Crippen LogP contribution >= 0.6 is 0 Å². The van der Waals surface area contributed by atoms with E-state index in [1.54, 1.807) is 7.11 Å². The van der Waals surface area contributed by atoms with Gasteiger partial charge in [-0.25, -0.2) is 0 Å². The first-order valence-corrected chi connectivity index (χ1v) is 11.1. The van der Waals surface area contributed by atoms with Crippen LogP contribution in [0.4, 0.5) is 11.4 Å². The number of para-hydroxylation sites is 1. The van der Waals surface area contributed by atoms with Crippen molar-refractivity contribution in [2.75, 3.05) is 25.2 Å². The second-order valence-corrected chi connectivity index (χ2v) is 8.65. The van der Waals surface area contributed by atoms with Gasteiger partial charge in [0.1, 0.15) is 6.04 Å². The molecule has 2 aromatic carbocycles. The molecule has 34 heavy (non-hydrogen) atoms. The second-order valence-electron chi connectivity index (χ2n) is 8.65. The molecular formula is C25H23N3O6. The first kappa shape index (κ1) is 22.0. The molecule has 0 N–H and O–H groups in total. The molecular weight excluding hydrogens is 438 g/mol. The minimum Gasteiger partial charge on any atom is -0.385 e. The molecule has 4 atom stereocenters. The maximum atomic E-state index is 13.8. The fraction of sp³-hybridized carbons (Fsp3) is 0.320. The lowest BCUT2D eigenvalue weighted by Crippen LogP contribution is -2.48. The monoisotopic (exact) mass is 461 g/mol. The number of ketones is 1. The summed E-state index contributed by atoms with van der Waals surface area (Å²) in [4.78, 5) is 54.4. The fourth-order valence-corrected chi connectivity index (χ4v) is 5.38. The van der Waals surface area contributed by atoms with E-state index >= 15 is 0 Å². The lowest BCUT2D eigenvalue weighted by atomic mass is 9.86. The van der Waals surface area contributed by atoms with Gasteiger partial charge in [0.25, 0.3) is 5.69 Å². The molecule has 2 fully saturated rings. The number of fused-ring (bicyclic) bond motifs is 5. The number of non-ortho nitro benzene ring substituents is 1. The number of methoxy groups -OCH3 is 1. The average Bonchev–Trinajstić information content (AvgIpc) is 3.32. The van der Waals surface area contributed by atoms with Crippen LogP contribution in [-0.4, -0.2) is 59.8 Å². The van der Waals surface area contributed by atoms with Crippen LogP contribution in [0.15, 0.2) is 54.6 Å². The Labute approximate surface area is 195 Å². The number of rotatable bonds is 7. The number of hydrogen-bond donors (Lipinski definition) is 0. The number of hydrogen-bond acceptors (Lipinski definition) is 7. The van der Waals surface area contributed by atoms with Crippen LogP contribution < -0.4 is 4.90 Å². The molecule has 0 saturated carbocycles. The lowest BCUT2D eigenvalue weighted by molar-refractivity contribution is -0.384. The number of nitro benzene ring substituents is 1. The van der Waals surface area contributed by atoms with E-state index < -0.39 is 28.8 Å². The van der Waals surface area contributed by atoms with Crippen molar-refractivity contribution < 1.29 is 24.0 Å². The number of amides is 2. The number of likely N-dealkylation sites (tertiary alicyclic amines) is 1. The van der Waals surface area contributed by atoms with Gasteiger partial charge < -0.3 is 9.64 Å². The fourth-order valence-electron chi connectivity index (χ4n) is 5.38. The van der Waals surface area contributed by atoms with Gasteiger partial charge in [0.15, 0.2) is 5.78 Å². The minimum absolute atomic E-state index is 0.124. The molecule has 2 saturated heterocycles. The van der Waals surface area contributed by atoms with Crippen LogP contribution in [0, 0.1) is 22.0 Å². The van der Waals surface area contributed by atoms with Gasteiger partial charge in [-0.05, 0) is 30.2 Å². The molecule has 9 nitrogen and oxygen atoms in total. The van der Waals surface area contributed by atoms with Gasteiger partial charge >= 0.3 is 0 Å². The Morgan fingerprint density at radius 1 is 1.06 bits per heavy atom. The molecule has 3 aliphatic rings. The van der Waals surface area contributed by atoms with Gasteiger partial charge in [0.05, 0.1) is 22.8 Å². The molecule has 5 rings (SSSR count). The SMILES string of the molecule is COCCCN1C(=O)[C@@H]2[C@@H](C1=O)[C@@H]1C=Cc3ccccc3N1[C@@H]2C(=O)c1ccc([N+](=O)[O-])cc1. The number of nitrogens with zero attached hydrogens (tertiary/aromatic N) is 3. The van der Waals surface area contributed by atoms with E-state index in [9.17, 15) is 24.5 Å². The minimum atomic E-state index is -0.897. The third-order valence-electron chi connectivity index (χ3n) is 6.87. The summed E-state index contributed by atoms with van der Waals surface area (Å²) in [5.74, 6) is -2.47. The summed E-state index contributed by atoms with van der Waals surface area (Å²) < 4.78 is 5.06. The second kappa shape index (κ2) is 8.49. The van der Waals surface area contributed by atoms with Crippen LogP contribution in [0.5, 0.6) is 0 Å². The number of carbonyl (C=O) groups is 3. The summed E-state index contributed by atoms with van der Waals surface area (Å²) >= 11 is 0. The quantitative estimate of drug-likeness (QED) is 0.205. The number of benzene rings is 2. The van der Waals surface area contributed by atoms with E-state index in [4.69, 9.17) is 4.74 Å². The first-order valence-electron chi connectivity index (χ1n) is 11.1. The standard InChI is InChI=1S/C25H23N3O6/c1-34-14-4-13-26-24(30)20-19-12-9-15-5-2-3-6-18(15)27(19)22(21(20)25(26)31)23(29)16-7-10-17(11-8-16)28(32)33/h2-3,5-12,19-22H,4,13-14H2,1H3/t19-,20-,21+,22-/m0/s1. The Balaban J connectivity index is 1.57. The van der Waals surface area contributed by atoms with Crippen LogP contribution in [0.3, 0.4) is 0 Å². The molecule has 0 aliphatic carbocycles. The molecule has 3 aliphatic heterocycles. The molecule has 3 heterocycles. The Bertz CT molecular complexity index is 1210. The third kappa shape index (κ3) is 3.31. The molecule has 2 amide bonds. The Morgan fingerprint density at radius 2 is 1.76 bits per heavy atom. The largest absolute Gasteiger partial charge is 0.385 e. The van der Waals surface area contributed by atoms with Gasteiger partial charge in [-0.2, -0.15) is 0 Å². The van der Waals surface area contributed by atoms with E-state index in [0.29, 0.717) is 13.0 Å². The Kier molecular flexibility index (Phi) is 5.49. The zero-order valence-corrected chi connectivity index (χ0v) is 18.5. The zero-order valence-electron chi connectivity index (χ0n) is 18.5. The van der Waals surface area contributed by atoms with Crippen molar-refractivity contribution in [2.45, 2.75) is 18.5 Å². The molecule has 174 valence electrons. The Morgan fingerprint density at radius 3 is 2.47 bits per heavy atom. The highest BCUT2D eigenvalue weighted by Crippen LogP contribution is 2.49. The summed E-state index contributed by atoms with van der Waals surface area (Å²) in [5, 5.41) is 11.0. The maximum absolute atomic E-state index is 13.8. The van der Waals surface area contributed by atoms with Gasteiger partial charge in [-0.1, -0.05) is 30.4 Å². The van der Waals surface area contributed by atoms with Gasteiger partial charge in [-0.15, -0.1) is 0 Å². The molecule has 0 aromatic heterocycles. The number of Topliss-reactive ketones (excluding diaryl/α,β-unsaturated/α-hetero) is 1. The number of anilines is 1. The van der Waals surface area contributed by atoms with Crippen molar-refractivity contribution in [1.82, 2.24) is 4.90 Å². The summed E-state index contributed by atoms with van der Waals surface area (Å²) in [6, 6.07) is 11.6. The average molecular weight is 461 g/mol. The first-order chi connectivity index (χ1) is 16.4. The molecule has 9 heteroatoms. The number of imide groups is 1. The predicted octanol–water partition coefficient (Wildman–Crippen LogP) is 2.70. The van der Waals surface area contributed by atoms with Crippen molar-refractivity contribution in [1.29, 1.82) is 0 Å². The summed E-state index contributed by atoms with van der Waals surface area (Å²) in [7, 11) is 1.56. The molecule has 0 radical (unpaired) electrons. The normalized spacial score (nSPS) is 24.7. The van der Waals surface area contributed by atoms with Gasteiger partial charge in [-0.3, -0.25) is 29.4 Å². The number of nitro groups is 1. The van der Waals surface area contributed by atoms with Gasteiger partial charge in [0, 0.05) is 43.6 Å². The van der Waals surface area contributed by atoms with E-state index in [1.807, 2.05) is 41.3 Å². The number of carbonyl (C=O) groups excluding carboxylic acids is 3. The Hall–Kier alpha value is -3.85. The van der Waals surface area contributed by atoms with Crippen LogP contribution in [0.2, 0.25) is 0 Å². The molecule has 0 bridgehead atoms. The molecule has 0 unspecified atom stereocenters. The highest BCUT2D eigenvalue weighted by atomic mass is 16.6. The van der Waals surface area contributed by atoms with Crippen molar-refractivity contribution in [3.8, 4) is 0 Å². The summed E-state index contributed by atoms with van der Waals surface area (Å²) in [6.07, 6.45) is 4.34. The van der Waals surface area contributed by atoms with Crippen LogP contribution in [0.25, 0.3) is 6.08 Å². The van der Waals surface area contributed by atoms with E-state index in [0.717, 1.165) is 11.3 Å². The van der Waals surface area contributed by atoms with Gasteiger partial charge in [0.2, 0.25) is 11.8 Å². The maximum Gasteiger partial charge on any atom is 0.269 e. The third-order valence-corrected chi connectivity index (χ3v) is 6.87. The summed E-state index contributed by atoms with van der Waals surface area (Å²) in [5.41, 5.74) is 1.83. The lowest BCUT2D eigenvalue weighted by Gasteiger charge is -2.36. The van der Waals surface area contributed by atoms with Crippen molar-refractivity contribution >= 4 is 35.0 Å². The van der Waals surface area contributed by atoms with Crippen molar-refractivity contribution in [2.24, 2.45) is 11.8 Å². The van der Waals surface area contributed by atoms with E-state index in [2.05, 4.69) is 0 Å². The van der Waals surface area contributed by atoms with Crippen molar-refractivity contribution in [3.63, 3.8) is 0 Å². The zero-order chi connectivity index (χ0) is 24.0. The van der Waals surface area contributed by atoms with E-state index in [1.165, 1.54) is 29.2 Å². The smallest absolute Gasteiger partial charge is 0.269 e. The predicted molar refractivity (Wildman–Crippen MR) is 123 cm³/mol. The highest BCUT2D eigenvalue weighted by molar-refractivity contribution is 6.14. The van der Waals surface area contributed by atoms with Crippen molar-refractivity contribution in [3.05, 3.63) is 75.8 Å².